The molecule has 4 nitrogen and oxygen atoms in total. The van der Waals surface area contributed by atoms with Crippen molar-refractivity contribution in [1.82, 2.24) is 4.57 Å². The van der Waals surface area contributed by atoms with Gasteiger partial charge in [0.05, 0.1) is 16.7 Å². The molecule has 14 rings (SSSR count). The Bertz CT molecular complexity index is 3990. The Kier molecular flexibility index (Phi) is 8.48. The zero-order chi connectivity index (χ0) is 47.2. The minimum Gasteiger partial charge on any atom is -0.344 e. The summed E-state index contributed by atoms with van der Waals surface area (Å²) in [7, 11) is 4.48. The van der Waals surface area contributed by atoms with Gasteiger partial charge in [-0.1, -0.05) is 149 Å². The fourth-order valence-corrected chi connectivity index (χ4v) is 12.8. The Morgan fingerprint density at radius 2 is 0.800 bits per heavy atom. The smallest absolute Gasteiger partial charge is 0.0510 e. The molecule has 4 heteroatoms. The largest absolute Gasteiger partial charge is 0.344 e. The number of hydrogen-bond donors (Lipinski definition) is 0. The van der Waals surface area contributed by atoms with Gasteiger partial charge < -0.3 is 19.3 Å². The zero-order valence-corrected chi connectivity index (χ0v) is 40.4. The first-order valence-electron chi connectivity index (χ1n) is 24.6. The number of para-hydroxylation sites is 2. The molecule has 0 fully saturated rings. The molecule has 10 aromatic carbocycles. The molecular weight excluding hydrogens is 849 g/mol. The summed E-state index contributed by atoms with van der Waals surface area (Å²) in [6.07, 6.45) is 0. The highest BCUT2D eigenvalue weighted by atomic mass is 15.2. The number of benzene rings is 10. The summed E-state index contributed by atoms with van der Waals surface area (Å²) in [5.74, 6) is 0. The van der Waals surface area contributed by atoms with Gasteiger partial charge >= 0.3 is 0 Å². The maximum atomic E-state index is 2.46. The molecule has 0 saturated carbocycles. The number of rotatable bonds is 6. The minimum atomic E-state index is -0.105. The summed E-state index contributed by atoms with van der Waals surface area (Å²) in [6.45, 7) is 9.45. The summed E-state index contributed by atoms with van der Waals surface area (Å²) >= 11 is 0. The van der Waals surface area contributed by atoms with Gasteiger partial charge in [-0.15, -0.1) is 0 Å². The van der Waals surface area contributed by atoms with Gasteiger partial charge in [0.25, 0.3) is 0 Å². The van der Waals surface area contributed by atoms with Crippen LogP contribution in [0.4, 0.5) is 45.5 Å². The van der Waals surface area contributed by atoms with Crippen LogP contribution in [0.5, 0.6) is 0 Å². The molecule has 0 saturated heterocycles. The number of hydrogen-bond acceptors (Lipinski definition) is 3. The predicted molar refractivity (Wildman–Crippen MR) is 296 cm³/mol. The third-order valence-corrected chi connectivity index (χ3v) is 16.3. The van der Waals surface area contributed by atoms with Crippen molar-refractivity contribution >= 4 is 78.1 Å². The van der Waals surface area contributed by atoms with Crippen molar-refractivity contribution in [2.24, 2.45) is 7.05 Å². The summed E-state index contributed by atoms with van der Waals surface area (Å²) in [4.78, 5) is 7.26. The fraction of sp³-hybridized carbons (Fsp3) is 0.121. The maximum Gasteiger partial charge on any atom is 0.0510 e. The summed E-state index contributed by atoms with van der Waals surface area (Å²) in [6, 6.07) is 77.0. The third kappa shape index (κ3) is 5.59. The van der Waals surface area contributed by atoms with Crippen molar-refractivity contribution in [3.8, 4) is 33.4 Å². The second-order valence-electron chi connectivity index (χ2n) is 20.7. The maximum absolute atomic E-state index is 2.46. The van der Waals surface area contributed by atoms with Crippen LogP contribution in [-0.4, -0.2) is 11.6 Å². The normalized spacial score (nSPS) is 14.3. The van der Waals surface area contributed by atoms with Gasteiger partial charge in [-0.05, 0) is 140 Å². The molecule has 1 aliphatic heterocycles. The molecule has 0 N–H and O–H groups in total. The van der Waals surface area contributed by atoms with Crippen molar-refractivity contribution in [1.29, 1.82) is 0 Å². The van der Waals surface area contributed by atoms with E-state index in [1.54, 1.807) is 0 Å². The van der Waals surface area contributed by atoms with Gasteiger partial charge in [-0.25, -0.2) is 0 Å². The molecule has 0 amide bonds. The number of anilines is 8. The molecule has 0 atom stereocenters. The topological polar surface area (TPSA) is 14.7 Å². The average molecular weight is 901 g/mol. The van der Waals surface area contributed by atoms with Gasteiger partial charge in [0, 0.05) is 86.5 Å². The fourth-order valence-electron chi connectivity index (χ4n) is 12.8. The van der Waals surface area contributed by atoms with Gasteiger partial charge in [0.1, 0.15) is 0 Å². The van der Waals surface area contributed by atoms with Crippen LogP contribution >= 0.6 is 0 Å². The SMILES string of the molecule is CN1c2cc(N(c3ccccc3)c3ccc4c(c3)C(C)(C)c3ccccc3-4)ccc2-c2cc3c(c4cccc1c24)c1ccc(N(c2ccccc2)c2ccc4c(c2)C(C)(C)c2ccccc2-4)cc1n3C. The van der Waals surface area contributed by atoms with Gasteiger partial charge in [0.15, 0.2) is 0 Å². The standard InChI is InChI=1S/C66H52N4/c1-65(2)55-25-15-13-22-47(55)49-32-28-43(36-57(49)65)69(41-18-9-7-10-19-41)45-30-34-51-54-40-62-63(53-24-17-27-59(64(53)54)67(5)60(51)38-45)52-35-31-46(39-61(52)68(62)6)70(42-20-11-8-12-21-42)44-29-33-50-48-23-14-16-26-56(48)66(3,4)58(50)37-44/h7-40H,1-6H3. The lowest BCUT2D eigenvalue weighted by molar-refractivity contribution is 0.660. The molecule has 0 radical (unpaired) electrons. The summed E-state index contributed by atoms with van der Waals surface area (Å²) < 4.78 is 2.42. The van der Waals surface area contributed by atoms with Crippen molar-refractivity contribution in [3.63, 3.8) is 0 Å². The highest BCUT2D eigenvalue weighted by Crippen LogP contribution is 2.55. The first-order chi connectivity index (χ1) is 34.1. The van der Waals surface area contributed by atoms with Crippen LogP contribution in [0.2, 0.25) is 0 Å². The third-order valence-electron chi connectivity index (χ3n) is 16.3. The van der Waals surface area contributed by atoms with E-state index in [1.807, 2.05) is 0 Å². The van der Waals surface area contributed by atoms with E-state index >= 15 is 0 Å². The van der Waals surface area contributed by atoms with E-state index in [4.69, 9.17) is 0 Å². The summed E-state index contributed by atoms with van der Waals surface area (Å²) in [5.41, 5.74) is 24.8. The molecule has 2 heterocycles. The van der Waals surface area contributed by atoms with E-state index in [2.05, 4.69) is 267 Å². The Hall–Kier alpha value is -8.34. The van der Waals surface area contributed by atoms with E-state index in [0.29, 0.717) is 0 Å². The molecule has 2 aliphatic carbocycles. The average Bonchev–Trinajstić information content (AvgIpc) is 3.91. The van der Waals surface area contributed by atoms with Gasteiger partial charge in [-0.2, -0.15) is 0 Å². The molecule has 70 heavy (non-hydrogen) atoms. The van der Waals surface area contributed by atoms with Gasteiger partial charge in [0.2, 0.25) is 0 Å². The van der Waals surface area contributed by atoms with Crippen molar-refractivity contribution in [2.75, 3.05) is 21.7 Å². The van der Waals surface area contributed by atoms with Crippen molar-refractivity contribution in [2.45, 2.75) is 38.5 Å². The van der Waals surface area contributed by atoms with E-state index in [0.717, 1.165) is 34.1 Å². The highest BCUT2D eigenvalue weighted by molar-refractivity contribution is 6.28. The first kappa shape index (κ1) is 40.7. The van der Waals surface area contributed by atoms with Crippen molar-refractivity contribution in [3.05, 3.63) is 229 Å². The molecule has 3 aliphatic rings. The predicted octanol–water partition coefficient (Wildman–Crippen LogP) is 17.8. The van der Waals surface area contributed by atoms with Crippen LogP contribution in [-0.2, 0) is 17.9 Å². The first-order valence-corrected chi connectivity index (χ1v) is 24.6. The molecular formula is C66H52N4. The van der Waals surface area contributed by atoms with Crippen molar-refractivity contribution < 1.29 is 0 Å². The number of fused-ring (bicyclic) bond motifs is 12. The van der Waals surface area contributed by atoms with E-state index < -0.39 is 0 Å². The van der Waals surface area contributed by atoms with E-state index in [1.165, 1.54) is 99.6 Å². The molecule has 336 valence electrons. The number of aromatic nitrogens is 1. The van der Waals surface area contributed by atoms with Crippen LogP contribution in [0.25, 0.3) is 66.0 Å². The Balaban J connectivity index is 0.910. The Morgan fingerprint density at radius 1 is 0.314 bits per heavy atom. The van der Waals surface area contributed by atoms with E-state index in [-0.39, 0.29) is 10.8 Å². The molecule has 0 unspecified atom stereocenters. The Morgan fingerprint density at radius 3 is 1.39 bits per heavy atom. The van der Waals surface area contributed by atoms with Crippen LogP contribution < -0.4 is 14.7 Å². The van der Waals surface area contributed by atoms with E-state index in [9.17, 15) is 0 Å². The number of nitrogens with zero attached hydrogens (tertiary/aromatic N) is 4. The summed E-state index contributed by atoms with van der Waals surface area (Å²) in [5, 5.41) is 5.12. The number of aryl methyl sites for hydroxylation is 1. The molecule has 0 spiro atoms. The second-order valence-corrected chi connectivity index (χ2v) is 20.7. The monoisotopic (exact) mass is 900 g/mol. The Labute approximate surface area is 409 Å². The quantitative estimate of drug-likeness (QED) is 0.165. The lowest BCUT2D eigenvalue weighted by Crippen LogP contribution is -2.18. The highest BCUT2D eigenvalue weighted by Gasteiger charge is 2.37. The van der Waals surface area contributed by atoms with Gasteiger partial charge in [-0.3, -0.25) is 0 Å². The zero-order valence-electron chi connectivity index (χ0n) is 40.4. The van der Waals surface area contributed by atoms with Crippen LogP contribution in [0.3, 0.4) is 0 Å². The van der Waals surface area contributed by atoms with Crippen LogP contribution in [0.15, 0.2) is 206 Å². The molecule has 0 bridgehead atoms. The molecule has 11 aromatic rings. The molecule has 1 aromatic heterocycles. The lowest BCUT2D eigenvalue weighted by atomic mass is 9.82. The second kappa shape index (κ2) is 14.6. The lowest BCUT2D eigenvalue weighted by Gasteiger charge is -2.33. The van der Waals surface area contributed by atoms with Crippen LogP contribution in [0, 0.1) is 0 Å². The minimum absolute atomic E-state index is 0.103. The van der Waals surface area contributed by atoms with Crippen LogP contribution in [0.1, 0.15) is 49.9 Å².